The van der Waals surface area contributed by atoms with E-state index < -0.39 is 10.0 Å². The van der Waals surface area contributed by atoms with Crippen molar-refractivity contribution in [2.24, 2.45) is 0 Å². The highest BCUT2D eigenvalue weighted by atomic mass is 35.5. The Morgan fingerprint density at radius 3 is 2.73 bits per heavy atom. The predicted molar refractivity (Wildman–Crippen MR) is 106 cm³/mol. The first-order valence-corrected chi connectivity index (χ1v) is 10.1. The monoisotopic (exact) mass is 390 g/mol. The smallest absolute Gasteiger partial charge is 0.242 e. The zero-order valence-corrected chi connectivity index (χ0v) is 16.1. The highest BCUT2D eigenvalue weighted by molar-refractivity contribution is 7.89. The lowest BCUT2D eigenvalue weighted by atomic mass is 10.1. The second-order valence-corrected chi connectivity index (χ2v) is 8.52. The van der Waals surface area contributed by atoms with Gasteiger partial charge in [-0.3, -0.25) is 3.97 Å². The van der Waals surface area contributed by atoms with Crippen LogP contribution >= 0.6 is 11.6 Å². The average molecular weight is 391 g/mol. The molecule has 0 saturated carbocycles. The maximum absolute atomic E-state index is 12.7. The van der Waals surface area contributed by atoms with Crippen molar-refractivity contribution in [2.45, 2.75) is 25.6 Å². The maximum Gasteiger partial charge on any atom is 0.242 e. The van der Waals surface area contributed by atoms with Crippen LogP contribution in [0.2, 0.25) is 5.02 Å². The molecule has 0 atom stereocenters. The molecule has 0 fully saturated rings. The summed E-state index contributed by atoms with van der Waals surface area (Å²) in [6.45, 7) is 3.97. The van der Waals surface area contributed by atoms with E-state index in [0.29, 0.717) is 27.5 Å². The lowest BCUT2D eigenvalue weighted by Crippen LogP contribution is -2.13. The zero-order valence-electron chi connectivity index (χ0n) is 15.5. The third-order valence-electron chi connectivity index (χ3n) is 3.70. The van der Waals surface area contributed by atoms with Crippen LogP contribution in [0.4, 0.5) is 5.82 Å². The number of nitrogens with zero attached hydrogens (tertiary/aromatic N) is 2. The molecule has 0 unspecified atom stereocenters. The molecule has 1 aromatic carbocycles. The Bertz CT molecular complexity index is 1050. The molecular formula is C19H20ClN3O2S. The molecule has 3 rings (SSSR count). The molecular weight excluding hydrogens is 370 g/mol. The summed E-state index contributed by atoms with van der Waals surface area (Å²) in [5.41, 5.74) is 1.68. The van der Waals surface area contributed by atoms with Gasteiger partial charge in [-0.1, -0.05) is 41.9 Å². The second kappa shape index (κ2) is 7.51. The normalized spacial score (nSPS) is 12.2. The summed E-state index contributed by atoms with van der Waals surface area (Å²) in [5, 5.41) is 3.53. The quantitative estimate of drug-likeness (QED) is 0.677. The first-order valence-electron chi connectivity index (χ1n) is 8.64. The van der Waals surface area contributed by atoms with Crippen LogP contribution in [0.5, 0.6) is 0 Å². The summed E-state index contributed by atoms with van der Waals surface area (Å²) in [5.74, 6) is 0.467. The number of nitrogens with one attached hydrogen (secondary N) is 1. The van der Waals surface area contributed by atoms with E-state index in [4.69, 9.17) is 13.0 Å². The molecule has 0 saturated heterocycles. The molecule has 0 spiro atoms. The van der Waals surface area contributed by atoms with Crippen LogP contribution in [0.25, 0.3) is 11.1 Å². The molecule has 2 heterocycles. The number of rotatable bonds is 6. The van der Waals surface area contributed by atoms with Crippen LogP contribution in [0.1, 0.15) is 20.8 Å². The molecule has 1 N–H and O–H groups in total. The van der Waals surface area contributed by atoms with Gasteiger partial charge in [0.2, 0.25) is 10.0 Å². The van der Waals surface area contributed by atoms with Crippen LogP contribution in [0, 0.1) is 0 Å². The van der Waals surface area contributed by atoms with E-state index in [2.05, 4.69) is 10.3 Å². The number of pyridine rings is 1. The minimum absolute atomic E-state index is 0.0789. The fourth-order valence-electron chi connectivity index (χ4n) is 2.52. The Morgan fingerprint density at radius 1 is 1.31 bits per heavy atom. The molecule has 136 valence electrons. The van der Waals surface area contributed by atoms with Gasteiger partial charge in [0.25, 0.3) is 0 Å². The predicted octanol–water partition coefficient (Wildman–Crippen LogP) is 4.40. The third-order valence-corrected chi connectivity index (χ3v) is 5.55. The van der Waals surface area contributed by atoms with Gasteiger partial charge in [-0.05, 0) is 31.5 Å². The van der Waals surface area contributed by atoms with Gasteiger partial charge < -0.3 is 5.32 Å². The molecule has 26 heavy (non-hydrogen) atoms. The standard InChI is InChI=1S/C19H20ClN3O2S/c1-14(2)22-19-10-17(18(20)11-21-19)16-8-9-23(12-16)26(24,25)13-15-6-4-3-5-7-15/h3-12,14H,13H2,1-2H3,(H,21,22)/i8D. The van der Waals surface area contributed by atoms with Crippen LogP contribution in [0.3, 0.4) is 0 Å². The molecule has 0 bridgehead atoms. The van der Waals surface area contributed by atoms with Gasteiger partial charge in [0.15, 0.2) is 0 Å². The second-order valence-electron chi connectivity index (χ2n) is 6.24. The molecule has 0 amide bonds. The third kappa shape index (κ3) is 4.26. The van der Waals surface area contributed by atoms with Gasteiger partial charge in [-0.15, -0.1) is 0 Å². The van der Waals surface area contributed by atoms with Gasteiger partial charge in [0.05, 0.1) is 12.1 Å². The van der Waals surface area contributed by atoms with Gasteiger partial charge in [-0.25, -0.2) is 13.4 Å². The first kappa shape index (κ1) is 17.1. The van der Waals surface area contributed by atoms with Crippen LogP contribution in [-0.4, -0.2) is 23.4 Å². The number of aromatic nitrogens is 2. The van der Waals surface area contributed by atoms with Crippen molar-refractivity contribution in [3.05, 3.63) is 71.6 Å². The maximum atomic E-state index is 12.7. The molecule has 0 aliphatic rings. The Kier molecular flexibility index (Phi) is 4.95. The lowest BCUT2D eigenvalue weighted by Gasteiger charge is -2.11. The Morgan fingerprint density at radius 2 is 2.04 bits per heavy atom. The zero-order chi connectivity index (χ0) is 19.6. The fourth-order valence-corrected chi connectivity index (χ4v) is 3.97. The average Bonchev–Trinajstić information content (AvgIpc) is 2.99. The minimum atomic E-state index is -3.64. The van der Waals surface area contributed by atoms with E-state index in [1.165, 1.54) is 18.6 Å². The van der Waals surface area contributed by atoms with Crippen LogP contribution in [0.15, 0.2) is 61.0 Å². The number of anilines is 1. The van der Waals surface area contributed by atoms with E-state index in [-0.39, 0.29) is 17.8 Å². The van der Waals surface area contributed by atoms with E-state index in [1.807, 2.05) is 19.9 Å². The van der Waals surface area contributed by atoms with Gasteiger partial charge in [0, 0.05) is 35.8 Å². The molecule has 0 aliphatic carbocycles. The highest BCUT2D eigenvalue weighted by Crippen LogP contribution is 2.30. The van der Waals surface area contributed by atoms with E-state index >= 15 is 0 Å². The van der Waals surface area contributed by atoms with Crippen molar-refractivity contribution < 1.29 is 9.79 Å². The Labute approximate surface area is 160 Å². The van der Waals surface area contributed by atoms with Crippen molar-refractivity contribution in [2.75, 3.05) is 5.32 Å². The summed E-state index contributed by atoms with van der Waals surface area (Å²) < 4.78 is 34.7. The first-order chi connectivity index (χ1) is 12.8. The number of benzene rings is 1. The van der Waals surface area contributed by atoms with Gasteiger partial charge >= 0.3 is 0 Å². The van der Waals surface area contributed by atoms with Crippen molar-refractivity contribution in [3.63, 3.8) is 0 Å². The van der Waals surface area contributed by atoms with Gasteiger partial charge in [-0.2, -0.15) is 0 Å². The fraction of sp³-hybridized carbons (Fsp3) is 0.211. The molecule has 7 heteroatoms. The molecule has 0 radical (unpaired) electrons. The summed E-state index contributed by atoms with van der Waals surface area (Å²) in [6, 6.07) is 10.9. The van der Waals surface area contributed by atoms with Crippen molar-refractivity contribution >= 4 is 27.4 Å². The summed E-state index contributed by atoms with van der Waals surface area (Å²) >= 11 is 6.26. The molecule has 3 aromatic rings. The number of hydrogen-bond acceptors (Lipinski definition) is 4. The molecule has 2 aromatic heterocycles. The van der Waals surface area contributed by atoms with E-state index in [1.54, 1.807) is 30.3 Å². The van der Waals surface area contributed by atoms with Crippen molar-refractivity contribution in [1.82, 2.24) is 8.96 Å². The summed E-state index contributed by atoms with van der Waals surface area (Å²) in [6.07, 6.45) is 4.22. The van der Waals surface area contributed by atoms with Crippen LogP contribution in [-0.2, 0) is 15.8 Å². The van der Waals surface area contributed by atoms with Crippen molar-refractivity contribution in [3.8, 4) is 11.1 Å². The minimum Gasteiger partial charge on any atom is -0.368 e. The SMILES string of the molecule is [2H]c1cn(S(=O)(=O)Cc2ccccc2)cc1-c1cc(NC(C)C)ncc1Cl. The van der Waals surface area contributed by atoms with Gasteiger partial charge in [0.1, 0.15) is 5.82 Å². The largest absolute Gasteiger partial charge is 0.368 e. The summed E-state index contributed by atoms with van der Waals surface area (Å²) in [4.78, 5) is 4.22. The molecule has 0 aliphatic heterocycles. The topological polar surface area (TPSA) is 64.0 Å². The van der Waals surface area contributed by atoms with E-state index in [9.17, 15) is 8.42 Å². The number of halogens is 1. The summed E-state index contributed by atoms with van der Waals surface area (Å²) in [7, 11) is -3.64. The Hall–Kier alpha value is -2.31. The van der Waals surface area contributed by atoms with Crippen molar-refractivity contribution in [1.29, 1.82) is 0 Å². The van der Waals surface area contributed by atoms with E-state index in [0.717, 1.165) is 3.97 Å². The highest BCUT2D eigenvalue weighted by Gasteiger charge is 2.16. The Balaban J connectivity index is 1.97. The lowest BCUT2D eigenvalue weighted by molar-refractivity contribution is 0.586. The van der Waals surface area contributed by atoms with Crippen LogP contribution < -0.4 is 5.32 Å². The molecule has 5 nitrogen and oxygen atoms in total. The number of hydrogen-bond donors (Lipinski definition) is 1.